The van der Waals surface area contributed by atoms with Gasteiger partial charge in [0.05, 0.1) is 11.0 Å². The Kier molecular flexibility index (Phi) is 3.77. The van der Waals surface area contributed by atoms with Crippen molar-refractivity contribution in [3.63, 3.8) is 0 Å². The highest BCUT2D eigenvalue weighted by molar-refractivity contribution is 9.10. The SMILES string of the molecule is Cn1nc(-c2ccc(Br)cc2)c(O)c1-c1nc2ccc(C(=N)N)cc2[nH]1. The summed E-state index contributed by atoms with van der Waals surface area (Å²) >= 11 is 3.40. The average molecular weight is 411 g/mol. The molecule has 8 heteroatoms. The number of amidine groups is 1. The molecule has 4 aromatic rings. The third-order valence-corrected chi connectivity index (χ3v) is 4.69. The standard InChI is InChI=1S/C18H15BrN6O/c1-25-15(16(26)14(24-25)9-2-5-11(19)6-3-9)18-22-12-7-4-10(17(20)21)8-13(12)23-18/h2-8,26H,1H3,(H3,20,21)(H,22,23). The monoisotopic (exact) mass is 410 g/mol. The molecule has 0 saturated carbocycles. The Labute approximate surface area is 157 Å². The summed E-state index contributed by atoms with van der Waals surface area (Å²) in [6.45, 7) is 0. The van der Waals surface area contributed by atoms with E-state index >= 15 is 0 Å². The Balaban J connectivity index is 1.84. The van der Waals surface area contributed by atoms with Gasteiger partial charge in [-0.25, -0.2) is 4.98 Å². The van der Waals surface area contributed by atoms with Gasteiger partial charge in [-0.2, -0.15) is 5.10 Å². The van der Waals surface area contributed by atoms with Crippen LogP contribution < -0.4 is 5.73 Å². The summed E-state index contributed by atoms with van der Waals surface area (Å²) in [6, 6.07) is 12.8. The summed E-state index contributed by atoms with van der Waals surface area (Å²) in [5.41, 5.74) is 9.39. The van der Waals surface area contributed by atoms with Crippen LogP contribution in [0.4, 0.5) is 0 Å². The van der Waals surface area contributed by atoms with Crippen molar-refractivity contribution in [1.29, 1.82) is 5.41 Å². The normalized spacial score (nSPS) is 11.2. The fourth-order valence-corrected chi connectivity index (χ4v) is 3.13. The van der Waals surface area contributed by atoms with E-state index in [1.54, 1.807) is 29.9 Å². The van der Waals surface area contributed by atoms with Gasteiger partial charge in [-0.1, -0.05) is 28.1 Å². The van der Waals surface area contributed by atoms with Crippen molar-refractivity contribution in [3.8, 4) is 28.5 Å². The number of aromatic hydroxyl groups is 1. The number of aryl methyl sites for hydroxylation is 1. The number of rotatable bonds is 3. The number of aromatic nitrogens is 4. The Bertz CT molecular complexity index is 1140. The third kappa shape index (κ3) is 2.64. The second-order valence-corrected chi connectivity index (χ2v) is 6.82. The number of fused-ring (bicyclic) bond motifs is 1. The first-order valence-corrected chi connectivity index (χ1v) is 8.60. The molecule has 0 unspecified atom stereocenters. The second-order valence-electron chi connectivity index (χ2n) is 5.91. The van der Waals surface area contributed by atoms with E-state index < -0.39 is 0 Å². The van der Waals surface area contributed by atoms with E-state index in [2.05, 4.69) is 31.0 Å². The number of nitrogens with two attached hydrogens (primary N) is 1. The lowest BCUT2D eigenvalue weighted by molar-refractivity contribution is 0.478. The van der Waals surface area contributed by atoms with Crippen LogP contribution in [-0.2, 0) is 7.05 Å². The first-order chi connectivity index (χ1) is 12.4. The summed E-state index contributed by atoms with van der Waals surface area (Å²) < 4.78 is 2.55. The Morgan fingerprint density at radius 3 is 2.65 bits per heavy atom. The summed E-state index contributed by atoms with van der Waals surface area (Å²) in [5, 5.41) is 22.7. The lowest BCUT2D eigenvalue weighted by atomic mass is 10.1. The van der Waals surface area contributed by atoms with Gasteiger partial charge in [-0.3, -0.25) is 10.1 Å². The molecule has 7 nitrogen and oxygen atoms in total. The zero-order valence-electron chi connectivity index (χ0n) is 13.8. The van der Waals surface area contributed by atoms with Gasteiger partial charge in [0.1, 0.15) is 17.2 Å². The minimum Gasteiger partial charge on any atom is -0.504 e. The summed E-state index contributed by atoms with van der Waals surface area (Å²) in [5.74, 6) is 0.543. The van der Waals surface area contributed by atoms with Crippen LogP contribution in [0.25, 0.3) is 33.8 Å². The molecule has 4 rings (SSSR count). The predicted molar refractivity (Wildman–Crippen MR) is 104 cm³/mol. The Hall–Kier alpha value is -3.13. The van der Waals surface area contributed by atoms with Crippen molar-refractivity contribution in [2.45, 2.75) is 0 Å². The summed E-state index contributed by atoms with van der Waals surface area (Å²) in [6.07, 6.45) is 0. The van der Waals surface area contributed by atoms with Crippen LogP contribution in [0.1, 0.15) is 5.56 Å². The van der Waals surface area contributed by atoms with E-state index in [-0.39, 0.29) is 11.6 Å². The van der Waals surface area contributed by atoms with Gasteiger partial charge in [-0.05, 0) is 30.3 Å². The second kappa shape index (κ2) is 5.99. The van der Waals surface area contributed by atoms with Gasteiger partial charge in [0, 0.05) is 22.6 Å². The minimum absolute atomic E-state index is 0.0102. The molecule has 0 aliphatic rings. The highest BCUT2D eigenvalue weighted by atomic mass is 79.9. The molecule has 0 atom stereocenters. The average Bonchev–Trinajstić information content (AvgIpc) is 3.15. The molecule has 0 radical (unpaired) electrons. The quantitative estimate of drug-likeness (QED) is 0.305. The number of hydrogen-bond acceptors (Lipinski definition) is 4. The third-order valence-electron chi connectivity index (χ3n) is 4.16. The van der Waals surface area contributed by atoms with Crippen LogP contribution >= 0.6 is 15.9 Å². The van der Waals surface area contributed by atoms with Crippen molar-refractivity contribution in [1.82, 2.24) is 19.7 Å². The number of halogens is 1. The number of nitrogens with zero attached hydrogens (tertiary/aromatic N) is 3. The molecule has 0 saturated heterocycles. The van der Waals surface area contributed by atoms with Crippen molar-refractivity contribution in [2.24, 2.45) is 12.8 Å². The molecule has 5 N–H and O–H groups in total. The number of imidazole rings is 1. The van der Waals surface area contributed by atoms with E-state index in [0.29, 0.717) is 22.8 Å². The van der Waals surface area contributed by atoms with E-state index in [0.717, 1.165) is 21.1 Å². The van der Waals surface area contributed by atoms with E-state index in [4.69, 9.17) is 11.1 Å². The number of aromatic amines is 1. The first-order valence-electron chi connectivity index (χ1n) is 7.80. The Morgan fingerprint density at radius 2 is 1.96 bits per heavy atom. The van der Waals surface area contributed by atoms with Crippen LogP contribution in [0.15, 0.2) is 46.9 Å². The summed E-state index contributed by atoms with van der Waals surface area (Å²) in [7, 11) is 1.76. The van der Waals surface area contributed by atoms with Crippen LogP contribution in [0.2, 0.25) is 0 Å². The molecule has 0 bridgehead atoms. The molecule has 0 amide bonds. The van der Waals surface area contributed by atoms with Gasteiger partial charge >= 0.3 is 0 Å². The highest BCUT2D eigenvalue weighted by Crippen LogP contribution is 2.37. The van der Waals surface area contributed by atoms with Crippen LogP contribution in [0.5, 0.6) is 5.75 Å². The van der Waals surface area contributed by atoms with Crippen LogP contribution in [-0.4, -0.2) is 30.7 Å². The van der Waals surface area contributed by atoms with Crippen molar-refractivity contribution in [3.05, 3.63) is 52.5 Å². The maximum Gasteiger partial charge on any atom is 0.173 e. The number of benzene rings is 2. The minimum atomic E-state index is -0.0102. The smallest absolute Gasteiger partial charge is 0.173 e. The lowest BCUT2D eigenvalue weighted by Gasteiger charge is -1.99. The topological polar surface area (TPSA) is 117 Å². The van der Waals surface area contributed by atoms with E-state index in [1.165, 1.54) is 0 Å². The lowest BCUT2D eigenvalue weighted by Crippen LogP contribution is -2.10. The fraction of sp³-hybridized carbons (Fsp3) is 0.0556. The van der Waals surface area contributed by atoms with E-state index in [1.807, 2.05) is 24.3 Å². The molecule has 2 aromatic carbocycles. The van der Waals surface area contributed by atoms with Crippen molar-refractivity contribution < 1.29 is 5.11 Å². The molecule has 130 valence electrons. The zero-order valence-corrected chi connectivity index (χ0v) is 15.4. The summed E-state index contributed by atoms with van der Waals surface area (Å²) in [4.78, 5) is 7.70. The number of nitrogens with one attached hydrogen (secondary N) is 2. The van der Waals surface area contributed by atoms with Crippen molar-refractivity contribution in [2.75, 3.05) is 0 Å². The van der Waals surface area contributed by atoms with Crippen LogP contribution in [0.3, 0.4) is 0 Å². The molecule has 0 spiro atoms. The number of nitrogen functional groups attached to an aromatic ring is 1. The zero-order chi connectivity index (χ0) is 18.4. The molecule has 2 aromatic heterocycles. The molecular formula is C18H15BrN6O. The first kappa shape index (κ1) is 16.3. The molecule has 0 aliphatic heterocycles. The highest BCUT2D eigenvalue weighted by Gasteiger charge is 2.21. The van der Waals surface area contributed by atoms with E-state index in [9.17, 15) is 5.11 Å². The molecular weight excluding hydrogens is 396 g/mol. The molecule has 0 aliphatic carbocycles. The molecule has 0 fully saturated rings. The maximum absolute atomic E-state index is 10.7. The van der Waals surface area contributed by atoms with Gasteiger partial charge < -0.3 is 15.8 Å². The number of H-pyrrole nitrogens is 1. The van der Waals surface area contributed by atoms with Gasteiger partial charge in [0.25, 0.3) is 0 Å². The van der Waals surface area contributed by atoms with Crippen molar-refractivity contribution >= 4 is 32.8 Å². The van der Waals surface area contributed by atoms with Gasteiger partial charge in [0.2, 0.25) is 0 Å². The van der Waals surface area contributed by atoms with Gasteiger partial charge in [-0.15, -0.1) is 0 Å². The molecule has 2 heterocycles. The Morgan fingerprint density at radius 1 is 1.23 bits per heavy atom. The van der Waals surface area contributed by atoms with Gasteiger partial charge in [0.15, 0.2) is 11.6 Å². The predicted octanol–water partition coefficient (Wildman–Crippen LogP) is 3.38. The largest absolute Gasteiger partial charge is 0.504 e. The molecule has 26 heavy (non-hydrogen) atoms. The number of hydrogen-bond donors (Lipinski definition) is 4. The van der Waals surface area contributed by atoms with Crippen LogP contribution in [0, 0.1) is 5.41 Å². The fourth-order valence-electron chi connectivity index (χ4n) is 2.87. The maximum atomic E-state index is 10.7.